The van der Waals surface area contributed by atoms with Crippen molar-refractivity contribution in [2.24, 2.45) is 5.41 Å². The van der Waals surface area contributed by atoms with Crippen LogP contribution in [0.5, 0.6) is 0 Å². The van der Waals surface area contributed by atoms with Gasteiger partial charge in [0, 0.05) is 24.6 Å². The van der Waals surface area contributed by atoms with Gasteiger partial charge < -0.3 is 14.8 Å². The molecular formula is C12H23NO2. The lowest BCUT2D eigenvalue weighted by Crippen LogP contribution is -2.49. The Morgan fingerprint density at radius 1 is 1.47 bits per heavy atom. The summed E-state index contributed by atoms with van der Waals surface area (Å²) in [6.45, 7) is 8.38. The Balaban J connectivity index is 1.61. The summed E-state index contributed by atoms with van der Waals surface area (Å²) in [6.07, 6.45) is 4.13. The summed E-state index contributed by atoms with van der Waals surface area (Å²) in [5.74, 6) is 0. The smallest absolute Gasteiger partial charge is 0.0590 e. The molecular weight excluding hydrogens is 190 g/mol. The molecule has 0 aromatic heterocycles. The standard InChI is InChI=1S/C12H23NO2/c1-10(6-11-4-3-5-15-11)13-7-12(2)8-14-9-12/h10-11,13H,3-9H2,1-2H3. The first-order valence-corrected chi connectivity index (χ1v) is 6.11. The van der Waals surface area contributed by atoms with Crippen LogP contribution in [0.1, 0.15) is 33.1 Å². The fourth-order valence-electron chi connectivity index (χ4n) is 2.28. The van der Waals surface area contributed by atoms with E-state index in [9.17, 15) is 0 Å². The van der Waals surface area contributed by atoms with Crippen molar-refractivity contribution in [1.29, 1.82) is 0 Å². The van der Waals surface area contributed by atoms with E-state index < -0.39 is 0 Å². The van der Waals surface area contributed by atoms with Gasteiger partial charge in [-0.3, -0.25) is 0 Å². The highest BCUT2D eigenvalue weighted by molar-refractivity contribution is 4.84. The molecule has 3 heteroatoms. The molecule has 2 saturated heterocycles. The first-order chi connectivity index (χ1) is 7.18. The topological polar surface area (TPSA) is 30.5 Å². The number of ether oxygens (including phenoxy) is 2. The van der Waals surface area contributed by atoms with E-state index in [2.05, 4.69) is 19.2 Å². The number of rotatable bonds is 5. The Kier molecular flexibility index (Phi) is 3.65. The molecule has 1 N–H and O–H groups in total. The van der Waals surface area contributed by atoms with Crippen molar-refractivity contribution in [2.75, 3.05) is 26.4 Å². The van der Waals surface area contributed by atoms with Crippen LogP contribution in [-0.4, -0.2) is 38.5 Å². The maximum atomic E-state index is 5.63. The molecule has 0 aromatic rings. The summed E-state index contributed by atoms with van der Waals surface area (Å²) < 4.78 is 10.9. The van der Waals surface area contributed by atoms with Crippen LogP contribution in [0.15, 0.2) is 0 Å². The van der Waals surface area contributed by atoms with Crippen LogP contribution in [-0.2, 0) is 9.47 Å². The van der Waals surface area contributed by atoms with Crippen molar-refractivity contribution < 1.29 is 9.47 Å². The predicted octanol–water partition coefficient (Wildman–Crippen LogP) is 1.57. The van der Waals surface area contributed by atoms with E-state index in [1.807, 2.05) is 0 Å². The molecule has 2 atom stereocenters. The highest BCUT2D eigenvalue weighted by Crippen LogP contribution is 2.25. The highest BCUT2D eigenvalue weighted by Gasteiger charge is 2.33. The molecule has 2 aliphatic rings. The van der Waals surface area contributed by atoms with Crippen molar-refractivity contribution in [3.05, 3.63) is 0 Å². The minimum atomic E-state index is 0.380. The van der Waals surface area contributed by atoms with Crippen molar-refractivity contribution in [1.82, 2.24) is 5.32 Å². The second-order valence-corrected chi connectivity index (χ2v) is 5.46. The van der Waals surface area contributed by atoms with Crippen LogP contribution in [0.25, 0.3) is 0 Å². The van der Waals surface area contributed by atoms with Crippen LogP contribution >= 0.6 is 0 Å². The SMILES string of the molecule is CC(CC1CCCO1)NCC1(C)COC1. The van der Waals surface area contributed by atoms with Crippen molar-refractivity contribution in [2.45, 2.75) is 45.3 Å². The van der Waals surface area contributed by atoms with E-state index in [1.165, 1.54) is 12.8 Å². The third-order valence-electron chi connectivity index (χ3n) is 3.42. The molecule has 2 rings (SSSR count). The average molecular weight is 213 g/mol. The monoisotopic (exact) mass is 213 g/mol. The largest absolute Gasteiger partial charge is 0.380 e. The van der Waals surface area contributed by atoms with E-state index in [0.29, 0.717) is 17.6 Å². The van der Waals surface area contributed by atoms with Gasteiger partial charge in [0.1, 0.15) is 0 Å². The van der Waals surface area contributed by atoms with Gasteiger partial charge in [0.2, 0.25) is 0 Å². The molecule has 0 bridgehead atoms. The van der Waals surface area contributed by atoms with Gasteiger partial charge in [-0.15, -0.1) is 0 Å². The molecule has 0 radical (unpaired) electrons. The zero-order valence-corrected chi connectivity index (χ0v) is 9.92. The van der Waals surface area contributed by atoms with Crippen LogP contribution in [0.2, 0.25) is 0 Å². The Hall–Kier alpha value is -0.120. The summed E-state index contributed by atoms with van der Waals surface area (Å²) in [6, 6.07) is 0.561. The zero-order chi connectivity index (χ0) is 10.7. The maximum Gasteiger partial charge on any atom is 0.0590 e. The fraction of sp³-hybridized carbons (Fsp3) is 1.00. The predicted molar refractivity (Wildman–Crippen MR) is 60.0 cm³/mol. The minimum Gasteiger partial charge on any atom is -0.380 e. The fourth-order valence-corrected chi connectivity index (χ4v) is 2.28. The molecule has 0 aliphatic carbocycles. The molecule has 0 aromatic carbocycles. The molecule has 0 saturated carbocycles. The molecule has 88 valence electrons. The normalized spacial score (nSPS) is 31.2. The lowest BCUT2D eigenvalue weighted by molar-refractivity contribution is -0.100. The maximum absolute atomic E-state index is 5.63. The van der Waals surface area contributed by atoms with E-state index in [1.54, 1.807) is 0 Å². The molecule has 3 nitrogen and oxygen atoms in total. The summed E-state index contributed by atoms with van der Waals surface area (Å²) in [5, 5.41) is 3.59. The van der Waals surface area contributed by atoms with Gasteiger partial charge in [0.15, 0.2) is 0 Å². The van der Waals surface area contributed by atoms with Gasteiger partial charge in [-0.1, -0.05) is 6.92 Å². The summed E-state index contributed by atoms with van der Waals surface area (Å²) in [5.41, 5.74) is 0.380. The van der Waals surface area contributed by atoms with Crippen molar-refractivity contribution in [3.63, 3.8) is 0 Å². The van der Waals surface area contributed by atoms with Gasteiger partial charge in [0.25, 0.3) is 0 Å². The second-order valence-electron chi connectivity index (χ2n) is 5.46. The molecule has 2 fully saturated rings. The molecule has 2 aliphatic heterocycles. The number of hydrogen-bond donors (Lipinski definition) is 1. The molecule has 0 amide bonds. The number of hydrogen-bond acceptors (Lipinski definition) is 3. The van der Waals surface area contributed by atoms with E-state index in [-0.39, 0.29) is 0 Å². The lowest BCUT2D eigenvalue weighted by atomic mass is 9.88. The third kappa shape index (κ3) is 3.16. The van der Waals surface area contributed by atoms with Gasteiger partial charge in [-0.2, -0.15) is 0 Å². The van der Waals surface area contributed by atoms with Crippen LogP contribution in [0.4, 0.5) is 0 Å². The summed E-state index contributed by atoms with van der Waals surface area (Å²) >= 11 is 0. The van der Waals surface area contributed by atoms with Crippen LogP contribution in [0, 0.1) is 5.41 Å². The van der Waals surface area contributed by atoms with Crippen molar-refractivity contribution >= 4 is 0 Å². The lowest BCUT2D eigenvalue weighted by Gasteiger charge is -2.39. The summed E-state index contributed by atoms with van der Waals surface area (Å²) in [4.78, 5) is 0. The number of nitrogens with one attached hydrogen (secondary N) is 1. The van der Waals surface area contributed by atoms with Gasteiger partial charge >= 0.3 is 0 Å². The van der Waals surface area contributed by atoms with Gasteiger partial charge in [-0.05, 0) is 26.2 Å². The Bertz CT molecular complexity index is 198. The summed E-state index contributed by atoms with van der Waals surface area (Å²) in [7, 11) is 0. The van der Waals surface area contributed by atoms with E-state index in [4.69, 9.17) is 9.47 Å². The molecule has 2 heterocycles. The molecule has 0 spiro atoms. The van der Waals surface area contributed by atoms with Gasteiger partial charge in [0.05, 0.1) is 19.3 Å². The molecule has 2 unspecified atom stereocenters. The highest BCUT2D eigenvalue weighted by atomic mass is 16.5. The Morgan fingerprint density at radius 3 is 2.80 bits per heavy atom. The quantitative estimate of drug-likeness (QED) is 0.752. The third-order valence-corrected chi connectivity index (χ3v) is 3.42. The molecule has 15 heavy (non-hydrogen) atoms. The van der Waals surface area contributed by atoms with Crippen molar-refractivity contribution in [3.8, 4) is 0 Å². The zero-order valence-electron chi connectivity index (χ0n) is 9.92. The van der Waals surface area contributed by atoms with Gasteiger partial charge in [-0.25, -0.2) is 0 Å². The van der Waals surface area contributed by atoms with E-state index in [0.717, 1.165) is 32.8 Å². The second kappa shape index (κ2) is 4.81. The first-order valence-electron chi connectivity index (χ1n) is 6.11. The minimum absolute atomic E-state index is 0.380. The Morgan fingerprint density at radius 2 is 2.27 bits per heavy atom. The van der Waals surface area contributed by atoms with E-state index >= 15 is 0 Å². The first kappa shape index (κ1) is 11.4. The van der Waals surface area contributed by atoms with Crippen LogP contribution in [0.3, 0.4) is 0 Å². The average Bonchev–Trinajstić information content (AvgIpc) is 2.64. The Labute approximate surface area is 92.5 Å². The van der Waals surface area contributed by atoms with Crippen LogP contribution < -0.4 is 5.32 Å².